The lowest BCUT2D eigenvalue weighted by Crippen LogP contribution is -2.38. The molecule has 3 aromatic carbocycles. The predicted molar refractivity (Wildman–Crippen MR) is 156 cm³/mol. The Bertz CT molecular complexity index is 1560. The molecule has 208 valence electrons. The molecule has 8 nitrogen and oxygen atoms in total. The van der Waals surface area contributed by atoms with Crippen LogP contribution in [-0.2, 0) is 20.0 Å². The standard InChI is InChI=1S/C28H33N3O5S3/c1-19-14-16-31(17-15-19)28(32)25-18-24(12-13-26(25)37-4)39(35,36)29-22-8-10-23(11-9-22)38(33,34)30-27-20(2)6-5-7-21(27)3/h5-13,18-19,29-30H,14-17H2,1-4H3. The minimum Gasteiger partial charge on any atom is -0.339 e. The third kappa shape index (κ3) is 6.59. The summed E-state index contributed by atoms with van der Waals surface area (Å²) in [5.41, 5.74) is 2.67. The Morgan fingerprint density at radius 1 is 0.846 bits per heavy atom. The van der Waals surface area contributed by atoms with Crippen LogP contribution in [-0.4, -0.2) is 47.0 Å². The number of amides is 1. The minimum absolute atomic E-state index is 0.00107. The number of hydrogen-bond donors (Lipinski definition) is 2. The zero-order valence-electron chi connectivity index (χ0n) is 22.4. The van der Waals surface area contributed by atoms with Crippen molar-refractivity contribution in [3.05, 3.63) is 77.4 Å². The van der Waals surface area contributed by atoms with Crippen LogP contribution < -0.4 is 9.44 Å². The normalized spacial score (nSPS) is 14.7. The van der Waals surface area contributed by atoms with Crippen LogP contribution in [0.3, 0.4) is 0 Å². The number of nitrogens with zero attached hydrogens (tertiary/aromatic N) is 1. The van der Waals surface area contributed by atoms with Gasteiger partial charge in [-0.3, -0.25) is 14.2 Å². The van der Waals surface area contributed by atoms with Crippen LogP contribution in [0.25, 0.3) is 0 Å². The molecule has 1 saturated heterocycles. The van der Waals surface area contributed by atoms with E-state index in [1.165, 1.54) is 48.2 Å². The molecule has 0 spiro atoms. The molecule has 1 aliphatic rings. The SMILES string of the molecule is CSc1ccc(S(=O)(=O)Nc2ccc(S(=O)(=O)Nc3c(C)cccc3C)cc2)cc1C(=O)N1CCC(C)CC1. The van der Waals surface area contributed by atoms with Gasteiger partial charge in [0.25, 0.3) is 26.0 Å². The second-order valence-electron chi connectivity index (χ2n) is 9.84. The Morgan fingerprint density at radius 2 is 1.41 bits per heavy atom. The Morgan fingerprint density at radius 3 is 2.00 bits per heavy atom. The maximum absolute atomic E-state index is 13.3. The Labute approximate surface area is 235 Å². The van der Waals surface area contributed by atoms with Crippen molar-refractivity contribution in [2.75, 3.05) is 28.8 Å². The van der Waals surface area contributed by atoms with Gasteiger partial charge in [-0.2, -0.15) is 0 Å². The van der Waals surface area contributed by atoms with Crippen molar-refractivity contribution in [1.29, 1.82) is 0 Å². The van der Waals surface area contributed by atoms with Crippen molar-refractivity contribution in [3.63, 3.8) is 0 Å². The summed E-state index contributed by atoms with van der Waals surface area (Å²) in [4.78, 5) is 15.7. The van der Waals surface area contributed by atoms with Crippen LogP contribution in [0, 0.1) is 19.8 Å². The van der Waals surface area contributed by atoms with Crippen molar-refractivity contribution in [1.82, 2.24) is 4.90 Å². The van der Waals surface area contributed by atoms with E-state index in [9.17, 15) is 21.6 Å². The largest absolute Gasteiger partial charge is 0.339 e. The smallest absolute Gasteiger partial charge is 0.261 e. The number of likely N-dealkylation sites (tertiary alicyclic amines) is 1. The van der Waals surface area contributed by atoms with Crippen molar-refractivity contribution < 1.29 is 21.6 Å². The number of carbonyl (C=O) groups is 1. The molecule has 0 radical (unpaired) electrons. The molecule has 4 rings (SSSR count). The fourth-order valence-corrected chi connectivity index (χ4v) is 7.35. The van der Waals surface area contributed by atoms with Crippen LogP contribution >= 0.6 is 11.8 Å². The summed E-state index contributed by atoms with van der Waals surface area (Å²) in [5.74, 6) is 0.392. The summed E-state index contributed by atoms with van der Waals surface area (Å²) in [7, 11) is -7.92. The van der Waals surface area contributed by atoms with E-state index in [1.807, 2.05) is 38.3 Å². The summed E-state index contributed by atoms with van der Waals surface area (Å²) in [6.45, 7) is 7.10. The van der Waals surface area contributed by atoms with Gasteiger partial charge in [0.15, 0.2) is 0 Å². The molecule has 1 aliphatic heterocycles. The summed E-state index contributed by atoms with van der Waals surface area (Å²) in [6.07, 6.45) is 3.69. The quantitative estimate of drug-likeness (QED) is 0.337. The molecule has 0 unspecified atom stereocenters. The number of thioether (sulfide) groups is 1. The lowest BCUT2D eigenvalue weighted by atomic mass is 9.98. The molecule has 0 saturated carbocycles. The minimum atomic E-state index is -4.04. The predicted octanol–water partition coefficient (Wildman–Crippen LogP) is 5.50. The Balaban J connectivity index is 1.54. The number of rotatable bonds is 8. The average Bonchev–Trinajstić information content (AvgIpc) is 2.90. The van der Waals surface area contributed by atoms with E-state index in [4.69, 9.17) is 0 Å². The number of hydrogen-bond acceptors (Lipinski definition) is 6. The number of piperidine rings is 1. The molecule has 1 amide bonds. The van der Waals surface area contributed by atoms with Gasteiger partial charge in [-0.25, -0.2) is 16.8 Å². The topological polar surface area (TPSA) is 113 Å². The number of para-hydroxylation sites is 1. The second kappa shape index (κ2) is 11.6. The molecular weight excluding hydrogens is 555 g/mol. The van der Waals surface area contributed by atoms with E-state index in [0.717, 1.165) is 24.0 Å². The monoisotopic (exact) mass is 587 g/mol. The number of carbonyl (C=O) groups excluding carboxylic acids is 1. The molecule has 39 heavy (non-hydrogen) atoms. The third-order valence-corrected chi connectivity index (χ3v) is 10.5. The van der Waals surface area contributed by atoms with Gasteiger partial charge in [-0.15, -0.1) is 11.8 Å². The van der Waals surface area contributed by atoms with Crippen LogP contribution in [0.2, 0.25) is 0 Å². The van der Waals surface area contributed by atoms with Gasteiger partial charge >= 0.3 is 0 Å². The van der Waals surface area contributed by atoms with Gasteiger partial charge in [-0.05, 0) is 92.5 Å². The highest BCUT2D eigenvalue weighted by molar-refractivity contribution is 7.98. The highest BCUT2D eigenvalue weighted by Gasteiger charge is 2.26. The number of nitrogens with one attached hydrogen (secondary N) is 2. The van der Waals surface area contributed by atoms with Gasteiger partial charge in [-0.1, -0.05) is 25.1 Å². The lowest BCUT2D eigenvalue weighted by molar-refractivity contribution is 0.0693. The van der Waals surface area contributed by atoms with E-state index in [2.05, 4.69) is 16.4 Å². The number of benzene rings is 3. The summed E-state index contributed by atoms with van der Waals surface area (Å²) in [6, 6.07) is 15.5. The molecule has 11 heteroatoms. The maximum atomic E-state index is 13.3. The fourth-order valence-electron chi connectivity index (χ4n) is 4.49. The van der Waals surface area contributed by atoms with Crippen molar-refractivity contribution in [3.8, 4) is 0 Å². The number of aryl methyl sites for hydroxylation is 2. The van der Waals surface area contributed by atoms with Gasteiger partial charge in [0.1, 0.15) is 0 Å². The summed E-state index contributed by atoms with van der Waals surface area (Å²) in [5, 5.41) is 0. The molecule has 0 aromatic heterocycles. The molecule has 1 heterocycles. The van der Waals surface area contributed by atoms with E-state index >= 15 is 0 Å². The molecule has 1 fully saturated rings. The molecule has 0 bridgehead atoms. The molecule has 3 aromatic rings. The van der Waals surface area contributed by atoms with E-state index in [0.29, 0.717) is 35.2 Å². The second-order valence-corrected chi connectivity index (χ2v) is 14.1. The zero-order valence-corrected chi connectivity index (χ0v) is 24.8. The molecule has 2 N–H and O–H groups in total. The highest BCUT2D eigenvalue weighted by atomic mass is 32.2. The third-order valence-electron chi connectivity index (χ3n) is 6.92. The van der Waals surface area contributed by atoms with E-state index < -0.39 is 20.0 Å². The average molecular weight is 588 g/mol. The first-order valence-electron chi connectivity index (χ1n) is 12.6. The van der Waals surface area contributed by atoms with Gasteiger partial charge in [0.2, 0.25) is 0 Å². The number of anilines is 2. The van der Waals surface area contributed by atoms with E-state index in [-0.39, 0.29) is 21.4 Å². The van der Waals surface area contributed by atoms with Crippen LogP contribution in [0.5, 0.6) is 0 Å². The van der Waals surface area contributed by atoms with Crippen molar-refractivity contribution >= 4 is 49.1 Å². The lowest BCUT2D eigenvalue weighted by Gasteiger charge is -2.30. The highest BCUT2D eigenvalue weighted by Crippen LogP contribution is 2.29. The zero-order chi connectivity index (χ0) is 28.4. The first kappa shape index (κ1) is 29.0. The first-order valence-corrected chi connectivity index (χ1v) is 16.8. The fraction of sp³-hybridized carbons (Fsp3) is 0.321. The summed E-state index contributed by atoms with van der Waals surface area (Å²) >= 11 is 1.39. The first-order chi connectivity index (χ1) is 18.4. The Hall–Kier alpha value is -3.02. The van der Waals surface area contributed by atoms with Crippen molar-refractivity contribution in [2.45, 2.75) is 48.3 Å². The van der Waals surface area contributed by atoms with Gasteiger partial charge in [0, 0.05) is 23.7 Å². The molecule has 0 aliphatic carbocycles. The number of sulfonamides is 2. The Kier molecular flexibility index (Phi) is 8.63. The van der Waals surface area contributed by atoms with Crippen molar-refractivity contribution in [2.24, 2.45) is 5.92 Å². The van der Waals surface area contributed by atoms with E-state index in [1.54, 1.807) is 11.0 Å². The van der Waals surface area contributed by atoms with Crippen LogP contribution in [0.15, 0.2) is 75.4 Å². The van der Waals surface area contributed by atoms with Crippen LogP contribution in [0.1, 0.15) is 41.3 Å². The summed E-state index contributed by atoms with van der Waals surface area (Å²) < 4.78 is 57.4. The molecule has 0 atom stereocenters. The maximum Gasteiger partial charge on any atom is 0.261 e. The van der Waals surface area contributed by atoms with Crippen LogP contribution in [0.4, 0.5) is 11.4 Å². The van der Waals surface area contributed by atoms with Gasteiger partial charge < -0.3 is 4.90 Å². The molecular formula is C28H33N3O5S3. The van der Waals surface area contributed by atoms with Gasteiger partial charge in [0.05, 0.1) is 21.0 Å².